The van der Waals surface area contributed by atoms with E-state index >= 15 is 0 Å². The van der Waals surface area contributed by atoms with E-state index in [0.29, 0.717) is 41.4 Å². The number of amidine groups is 1. The number of aliphatic imine (C=N–C) groups is 1. The Kier molecular flexibility index (Phi) is 4.26. The van der Waals surface area contributed by atoms with E-state index in [0.717, 1.165) is 5.06 Å². The quantitative estimate of drug-likeness (QED) is 0.577. The molecular formula is C20H16N6O5. The summed E-state index contributed by atoms with van der Waals surface area (Å²) in [4.78, 5) is 50.5. The van der Waals surface area contributed by atoms with Crippen molar-refractivity contribution in [2.45, 2.75) is 12.2 Å². The second kappa shape index (κ2) is 6.99. The lowest BCUT2D eigenvalue weighted by atomic mass is 9.99. The zero-order chi connectivity index (χ0) is 21.6. The molecule has 5 rings (SSSR count). The van der Waals surface area contributed by atoms with Crippen molar-refractivity contribution in [3.05, 3.63) is 64.8 Å². The number of pyridine rings is 1. The molecule has 2 aromatic rings. The summed E-state index contributed by atoms with van der Waals surface area (Å²) in [7, 11) is 0. The second-order valence-electron chi connectivity index (χ2n) is 7.18. The molecule has 3 aliphatic heterocycles. The van der Waals surface area contributed by atoms with Crippen LogP contribution in [0.15, 0.2) is 47.6 Å². The standard InChI is InChI=1S/C20H16N6O5/c1-25-11-20(10-22-18(20)24-25)31-19(29)23-12-6-7-13(21-8-12)9-30-26-16(27)14-4-2-3-5-15(14)17(26)28/h2-8H,1,9-11H2,(H,23,29). The fraction of sp³-hybridized carbons (Fsp3) is 0.200. The zero-order valence-corrected chi connectivity index (χ0v) is 16.1. The SMILES string of the molecule is C=[N+]1CC2(OC(=O)Nc3ccc(CON4C(=O)c5ccccc5C4=O)nc3)CN=C2[N-]1. The topological polar surface area (TPSA) is 127 Å². The number of carbonyl (C=O) groups is 3. The number of hydroxylamine groups is 2. The van der Waals surface area contributed by atoms with Gasteiger partial charge in [-0.1, -0.05) is 12.1 Å². The summed E-state index contributed by atoms with van der Waals surface area (Å²) < 4.78 is 6.92. The zero-order valence-electron chi connectivity index (χ0n) is 16.1. The number of imide groups is 1. The van der Waals surface area contributed by atoms with Gasteiger partial charge in [-0.3, -0.25) is 24.7 Å². The average molecular weight is 420 g/mol. The van der Waals surface area contributed by atoms with Gasteiger partial charge >= 0.3 is 6.09 Å². The molecule has 0 bridgehead atoms. The van der Waals surface area contributed by atoms with Crippen molar-refractivity contribution >= 4 is 36.1 Å². The average Bonchev–Trinajstić information content (AvgIpc) is 3.12. The molecule has 156 valence electrons. The molecule has 1 atom stereocenters. The van der Waals surface area contributed by atoms with E-state index in [4.69, 9.17) is 9.57 Å². The molecule has 1 aromatic carbocycles. The largest absolute Gasteiger partial charge is 0.457 e. The Labute approximate surface area is 175 Å². The molecule has 1 fully saturated rings. The molecule has 0 radical (unpaired) electrons. The smallest absolute Gasteiger partial charge is 0.412 e. The van der Waals surface area contributed by atoms with Gasteiger partial charge in [0.25, 0.3) is 11.8 Å². The van der Waals surface area contributed by atoms with E-state index in [9.17, 15) is 14.4 Å². The van der Waals surface area contributed by atoms with Crippen LogP contribution in [0.25, 0.3) is 5.43 Å². The molecule has 3 aliphatic rings. The first-order chi connectivity index (χ1) is 14.9. The van der Waals surface area contributed by atoms with Gasteiger partial charge in [0, 0.05) is 12.4 Å². The Hall–Kier alpha value is -4.12. The summed E-state index contributed by atoms with van der Waals surface area (Å²) in [6.07, 6.45) is 0.761. The van der Waals surface area contributed by atoms with Crippen LogP contribution in [0.2, 0.25) is 0 Å². The van der Waals surface area contributed by atoms with Crippen LogP contribution in [0.3, 0.4) is 0 Å². The predicted octanol–water partition coefficient (Wildman–Crippen LogP) is 1.52. The highest BCUT2D eigenvalue weighted by molar-refractivity contribution is 6.20. The first-order valence-corrected chi connectivity index (χ1v) is 9.35. The highest BCUT2D eigenvalue weighted by Crippen LogP contribution is 2.33. The molecule has 31 heavy (non-hydrogen) atoms. The van der Waals surface area contributed by atoms with Gasteiger partial charge in [0.15, 0.2) is 12.1 Å². The normalized spacial score (nSPS) is 21.1. The maximum atomic E-state index is 12.3. The third-order valence-corrected chi connectivity index (χ3v) is 5.02. The number of nitrogens with zero attached hydrogens (tertiary/aromatic N) is 5. The summed E-state index contributed by atoms with van der Waals surface area (Å²) in [5, 5.41) is 3.32. The number of aromatic nitrogens is 1. The Morgan fingerprint density at radius 1 is 1.23 bits per heavy atom. The molecule has 1 unspecified atom stereocenters. The number of benzene rings is 1. The molecule has 0 spiro atoms. The molecule has 0 saturated carbocycles. The lowest BCUT2D eigenvalue weighted by Crippen LogP contribution is -2.52. The highest BCUT2D eigenvalue weighted by atomic mass is 16.7. The van der Waals surface area contributed by atoms with Crippen molar-refractivity contribution in [3.8, 4) is 0 Å². The van der Waals surface area contributed by atoms with Crippen LogP contribution >= 0.6 is 0 Å². The van der Waals surface area contributed by atoms with Crippen LogP contribution < -0.4 is 5.32 Å². The van der Waals surface area contributed by atoms with Crippen molar-refractivity contribution in [3.63, 3.8) is 0 Å². The molecule has 1 N–H and O–H groups in total. The van der Waals surface area contributed by atoms with E-state index in [-0.39, 0.29) is 6.61 Å². The molecule has 4 heterocycles. The molecule has 1 aromatic heterocycles. The van der Waals surface area contributed by atoms with Gasteiger partial charge in [-0.25, -0.2) is 10.2 Å². The third kappa shape index (κ3) is 3.20. The number of hydrogen-bond acceptors (Lipinski definition) is 7. The number of rotatable bonds is 5. The number of anilines is 1. The first kappa shape index (κ1) is 18.9. The van der Waals surface area contributed by atoms with Gasteiger partial charge in [0.2, 0.25) is 0 Å². The third-order valence-electron chi connectivity index (χ3n) is 5.02. The number of carbonyl (C=O) groups excluding carboxylic acids is 3. The minimum absolute atomic E-state index is 0.0973. The van der Waals surface area contributed by atoms with E-state index in [1.165, 1.54) is 10.9 Å². The fourth-order valence-corrected chi connectivity index (χ4v) is 3.46. The van der Waals surface area contributed by atoms with E-state index in [2.05, 4.69) is 27.4 Å². The highest BCUT2D eigenvalue weighted by Gasteiger charge is 2.49. The summed E-state index contributed by atoms with van der Waals surface area (Å²) in [6, 6.07) is 9.72. The van der Waals surface area contributed by atoms with Crippen molar-refractivity contribution in [1.29, 1.82) is 0 Å². The summed E-state index contributed by atoms with van der Waals surface area (Å²) in [5.41, 5.74) is 4.69. The Morgan fingerprint density at radius 3 is 2.55 bits per heavy atom. The van der Waals surface area contributed by atoms with E-state index in [1.54, 1.807) is 36.4 Å². The van der Waals surface area contributed by atoms with Gasteiger partial charge in [-0.15, -0.1) is 5.06 Å². The van der Waals surface area contributed by atoms with Crippen molar-refractivity contribution in [2.75, 3.05) is 18.4 Å². The molecule has 11 nitrogen and oxygen atoms in total. The number of nitrogens with one attached hydrogen (secondary N) is 1. The maximum Gasteiger partial charge on any atom is 0.412 e. The van der Waals surface area contributed by atoms with Crippen LogP contribution in [0.1, 0.15) is 26.4 Å². The van der Waals surface area contributed by atoms with Crippen LogP contribution in [-0.2, 0) is 16.2 Å². The Morgan fingerprint density at radius 2 is 1.97 bits per heavy atom. The number of hydrogen-bond donors (Lipinski definition) is 1. The van der Waals surface area contributed by atoms with Gasteiger partial charge in [0.05, 0.1) is 28.7 Å². The second-order valence-corrected chi connectivity index (χ2v) is 7.18. The van der Waals surface area contributed by atoms with Crippen LogP contribution in [-0.4, -0.2) is 63.9 Å². The minimum Gasteiger partial charge on any atom is -0.457 e. The summed E-state index contributed by atoms with van der Waals surface area (Å²) >= 11 is 0. The Balaban J connectivity index is 1.16. The van der Waals surface area contributed by atoms with Crippen molar-refractivity contribution in [2.24, 2.45) is 4.99 Å². The van der Waals surface area contributed by atoms with Gasteiger partial charge < -0.3 is 9.73 Å². The van der Waals surface area contributed by atoms with Crippen LogP contribution in [0, 0.1) is 0 Å². The summed E-state index contributed by atoms with van der Waals surface area (Å²) in [5.74, 6) is -0.574. The predicted molar refractivity (Wildman–Crippen MR) is 107 cm³/mol. The lowest BCUT2D eigenvalue weighted by molar-refractivity contribution is -0.459. The van der Waals surface area contributed by atoms with Gasteiger partial charge in [-0.05, 0) is 24.3 Å². The molecule has 11 heteroatoms. The van der Waals surface area contributed by atoms with Crippen molar-refractivity contribution < 1.29 is 28.6 Å². The minimum atomic E-state index is -0.848. The number of amides is 3. The van der Waals surface area contributed by atoms with Crippen LogP contribution in [0.5, 0.6) is 0 Å². The lowest BCUT2D eigenvalue weighted by Gasteiger charge is -2.36. The Bertz CT molecular complexity index is 1130. The van der Waals surface area contributed by atoms with Crippen LogP contribution in [0.4, 0.5) is 10.5 Å². The maximum absolute atomic E-state index is 12.3. The van der Waals surface area contributed by atoms with Crippen molar-refractivity contribution in [1.82, 2.24) is 10.0 Å². The number of ether oxygens (including phenoxy) is 1. The first-order valence-electron chi connectivity index (χ1n) is 9.35. The summed E-state index contributed by atoms with van der Waals surface area (Å²) in [6.45, 7) is 4.30. The van der Waals surface area contributed by atoms with E-state index < -0.39 is 23.5 Å². The number of fused-ring (bicyclic) bond motifs is 2. The van der Waals surface area contributed by atoms with Gasteiger partial charge in [0.1, 0.15) is 13.3 Å². The van der Waals surface area contributed by atoms with E-state index in [1.807, 2.05) is 0 Å². The monoisotopic (exact) mass is 420 g/mol. The fourth-order valence-electron chi connectivity index (χ4n) is 3.46. The molecular weight excluding hydrogens is 404 g/mol. The molecule has 1 saturated heterocycles. The van der Waals surface area contributed by atoms with Gasteiger partial charge in [-0.2, -0.15) is 4.68 Å². The molecule has 0 aliphatic carbocycles. The molecule has 3 amide bonds.